The summed E-state index contributed by atoms with van der Waals surface area (Å²) in [7, 11) is -3.96. The monoisotopic (exact) mass is 371 g/mol. The summed E-state index contributed by atoms with van der Waals surface area (Å²) in [5, 5.41) is 11.3. The highest BCUT2D eigenvalue weighted by molar-refractivity contribution is 7.89. The van der Waals surface area contributed by atoms with E-state index in [0.717, 1.165) is 12.1 Å². The van der Waals surface area contributed by atoms with Crippen LogP contribution in [-0.2, 0) is 14.8 Å². The van der Waals surface area contributed by atoms with Crippen molar-refractivity contribution in [2.75, 3.05) is 26.2 Å². The molecule has 0 aliphatic carbocycles. The molecule has 1 aliphatic rings. The molecule has 1 fully saturated rings. The molecule has 2 rings (SSSR count). The molecular formula is C15H21N3O6S. The molecule has 1 unspecified atom stereocenters. The fourth-order valence-corrected chi connectivity index (χ4v) is 4.37. The van der Waals surface area contributed by atoms with Gasteiger partial charge in [0.25, 0.3) is 5.69 Å². The number of nitro groups is 1. The Bertz CT molecular complexity index is 793. The number of nitrogens with zero attached hydrogens (tertiary/aromatic N) is 2. The van der Waals surface area contributed by atoms with Gasteiger partial charge in [-0.05, 0) is 38.8 Å². The third kappa shape index (κ3) is 3.80. The van der Waals surface area contributed by atoms with Gasteiger partial charge in [-0.15, -0.1) is 0 Å². The number of hydrogen-bond acceptors (Lipinski definition) is 7. The number of nitrogens with two attached hydrogens (primary N) is 1. The first kappa shape index (κ1) is 19.3. The number of hydrogen-bond donors (Lipinski definition) is 1. The third-order valence-corrected chi connectivity index (χ3v) is 6.11. The second-order valence-electron chi connectivity index (χ2n) is 5.85. The van der Waals surface area contributed by atoms with Crippen molar-refractivity contribution >= 4 is 21.7 Å². The highest BCUT2D eigenvalue weighted by atomic mass is 32.2. The van der Waals surface area contributed by atoms with Crippen LogP contribution < -0.4 is 5.73 Å². The molecule has 2 N–H and O–H groups in total. The lowest BCUT2D eigenvalue weighted by atomic mass is 10.1. The number of ether oxygens (including phenoxy) is 1. The van der Waals surface area contributed by atoms with Crippen molar-refractivity contribution in [2.24, 2.45) is 11.7 Å². The van der Waals surface area contributed by atoms with Crippen molar-refractivity contribution < 1.29 is 22.9 Å². The first-order chi connectivity index (χ1) is 11.7. The van der Waals surface area contributed by atoms with Gasteiger partial charge in [0, 0.05) is 24.7 Å². The summed E-state index contributed by atoms with van der Waals surface area (Å²) in [6.07, 6.45) is 0.633. The van der Waals surface area contributed by atoms with E-state index < -0.39 is 26.6 Å². The molecule has 0 amide bonds. The fourth-order valence-electron chi connectivity index (χ4n) is 2.79. The Morgan fingerprint density at radius 2 is 2.16 bits per heavy atom. The van der Waals surface area contributed by atoms with Gasteiger partial charge in [-0.1, -0.05) is 0 Å². The molecule has 0 saturated carbocycles. The molecule has 0 bridgehead atoms. The fraction of sp³-hybridized carbons (Fsp3) is 0.533. The van der Waals surface area contributed by atoms with Gasteiger partial charge in [0.1, 0.15) is 0 Å². The van der Waals surface area contributed by atoms with Crippen LogP contribution in [0, 0.1) is 23.0 Å². The van der Waals surface area contributed by atoms with Crippen molar-refractivity contribution in [2.45, 2.75) is 25.2 Å². The molecule has 9 nitrogen and oxygen atoms in total. The molecular weight excluding hydrogens is 350 g/mol. The van der Waals surface area contributed by atoms with Crippen LogP contribution in [0.15, 0.2) is 17.0 Å². The van der Waals surface area contributed by atoms with Gasteiger partial charge in [-0.25, -0.2) is 13.2 Å². The summed E-state index contributed by atoms with van der Waals surface area (Å²) in [4.78, 5) is 22.4. The third-order valence-electron chi connectivity index (χ3n) is 4.27. The zero-order chi connectivity index (χ0) is 18.8. The van der Waals surface area contributed by atoms with Gasteiger partial charge >= 0.3 is 5.97 Å². The Labute approximate surface area is 145 Å². The van der Waals surface area contributed by atoms with E-state index in [2.05, 4.69) is 0 Å². The maximum absolute atomic E-state index is 12.8. The Morgan fingerprint density at radius 3 is 2.68 bits per heavy atom. The minimum absolute atomic E-state index is 0.0553. The number of rotatable bonds is 6. The van der Waals surface area contributed by atoms with Crippen LogP contribution in [0.2, 0.25) is 0 Å². The minimum atomic E-state index is -3.96. The van der Waals surface area contributed by atoms with Gasteiger partial charge in [-0.3, -0.25) is 10.1 Å². The molecule has 1 atom stereocenters. The van der Waals surface area contributed by atoms with E-state index in [0.29, 0.717) is 19.5 Å². The summed E-state index contributed by atoms with van der Waals surface area (Å²) in [6, 6.07) is 2.13. The van der Waals surface area contributed by atoms with E-state index in [4.69, 9.17) is 10.5 Å². The van der Waals surface area contributed by atoms with Gasteiger partial charge in [-0.2, -0.15) is 4.31 Å². The highest BCUT2D eigenvalue weighted by Gasteiger charge is 2.34. The first-order valence-corrected chi connectivity index (χ1v) is 9.32. The Kier molecular flexibility index (Phi) is 5.76. The maximum Gasteiger partial charge on any atom is 0.338 e. The van der Waals surface area contributed by atoms with Crippen LogP contribution >= 0.6 is 0 Å². The minimum Gasteiger partial charge on any atom is -0.462 e. The van der Waals surface area contributed by atoms with E-state index in [9.17, 15) is 23.3 Å². The summed E-state index contributed by atoms with van der Waals surface area (Å²) in [5.74, 6) is -0.735. The van der Waals surface area contributed by atoms with Crippen molar-refractivity contribution in [3.63, 3.8) is 0 Å². The first-order valence-electron chi connectivity index (χ1n) is 7.88. The average Bonchev–Trinajstić information content (AvgIpc) is 3.04. The lowest BCUT2D eigenvalue weighted by Crippen LogP contribution is -2.30. The number of benzene rings is 1. The van der Waals surface area contributed by atoms with Crippen molar-refractivity contribution in [3.05, 3.63) is 33.4 Å². The van der Waals surface area contributed by atoms with Crippen molar-refractivity contribution in [1.82, 2.24) is 4.31 Å². The summed E-state index contributed by atoms with van der Waals surface area (Å²) in [5.41, 5.74) is 5.11. The predicted molar refractivity (Wildman–Crippen MR) is 89.7 cm³/mol. The van der Waals surface area contributed by atoms with Gasteiger partial charge in [0.05, 0.1) is 22.0 Å². The lowest BCUT2D eigenvalue weighted by molar-refractivity contribution is -0.385. The van der Waals surface area contributed by atoms with Gasteiger partial charge in [0.15, 0.2) is 0 Å². The molecule has 1 heterocycles. The van der Waals surface area contributed by atoms with E-state index in [-0.39, 0.29) is 35.1 Å². The number of nitro benzene ring substituents is 1. The van der Waals surface area contributed by atoms with Crippen LogP contribution in [0.5, 0.6) is 0 Å². The second kappa shape index (κ2) is 7.46. The Morgan fingerprint density at radius 1 is 1.48 bits per heavy atom. The predicted octanol–water partition coefficient (Wildman–Crippen LogP) is 1.05. The average molecular weight is 371 g/mol. The Balaban J connectivity index is 2.53. The van der Waals surface area contributed by atoms with E-state index in [1.54, 1.807) is 6.92 Å². The molecule has 25 heavy (non-hydrogen) atoms. The molecule has 10 heteroatoms. The van der Waals surface area contributed by atoms with Crippen LogP contribution in [0.25, 0.3) is 0 Å². The van der Waals surface area contributed by atoms with Crippen molar-refractivity contribution in [1.29, 1.82) is 0 Å². The number of sulfonamides is 1. The summed E-state index contributed by atoms with van der Waals surface area (Å²) >= 11 is 0. The van der Waals surface area contributed by atoms with Gasteiger partial charge in [0.2, 0.25) is 10.0 Å². The largest absolute Gasteiger partial charge is 0.462 e. The van der Waals surface area contributed by atoms with Crippen LogP contribution in [0.1, 0.15) is 29.3 Å². The van der Waals surface area contributed by atoms with E-state index in [1.807, 2.05) is 0 Å². The molecule has 1 saturated heterocycles. The number of carbonyl (C=O) groups is 1. The normalized spacial score (nSPS) is 18.3. The van der Waals surface area contributed by atoms with E-state index >= 15 is 0 Å². The summed E-state index contributed by atoms with van der Waals surface area (Å²) < 4.78 is 31.8. The zero-order valence-electron chi connectivity index (χ0n) is 14.1. The SMILES string of the molecule is CCOC(=O)c1cc(S(=O)(=O)N2CCC(CN)C2)cc([N+](=O)[O-])c1C. The molecule has 1 aromatic carbocycles. The molecule has 0 radical (unpaired) electrons. The molecule has 0 spiro atoms. The van der Waals surface area contributed by atoms with Gasteiger partial charge < -0.3 is 10.5 Å². The van der Waals surface area contributed by atoms with Crippen LogP contribution in [0.3, 0.4) is 0 Å². The van der Waals surface area contributed by atoms with Crippen LogP contribution in [-0.4, -0.2) is 49.9 Å². The number of esters is 1. The zero-order valence-corrected chi connectivity index (χ0v) is 14.9. The highest BCUT2D eigenvalue weighted by Crippen LogP contribution is 2.30. The standard InChI is InChI=1S/C15H21N3O6S/c1-3-24-15(19)13-6-12(7-14(10(13)2)18(20)21)25(22,23)17-5-4-11(8-16)9-17/h6-7,11H,3-5,8-9,16H2,1-2H3. The molecule has 1 aromatic rings. The van der Waals surface area contributed by atoms with E-state index in [1.165, 1.54) is 11.2 Å². The topological polar surface area (TPSA) is 133 Å². The lowest BCUT2D eigenvalue weighted by Gasteiger charge is -2.17. The smallest absolute Gasteiger partial charge is 0.338 e. The quantitative estimate of drug-likeness (QED) is 0.449. The molecule has 138 valence electrons. The number of carbonyl (C=O) groups excluding carboxylic acids is 1. The molecule has 0 aromatic heterocycles. The maximum atomic E-state index is 12.8. The van der Waals surface area contributed by atoms with Crippen LogP contribution in [0.4, 0.5) is 5.69 Å². The Hall–Kier alpha value is -2.04. The summed E-state index contributed by atoms with van der Waals surface area (Å²) in [6.45, 7) is 3.98. The molecule has 1 aliphatic heterocycles. The van der Waals surface area contributed by atoms with Crippen molar-refractivity contribution in [3.8, 4) is 0 Å². The second-order valence-corrected chi connectivity index (χ2v) is 7.78.